The molecule has 2 aliphatic heterocycles. The Morgan fingerprint density at radius 1 is 1.17 bits per heavy atom. The van der Waals surface area contributed by atoms with Crippen LogP contribution in [0.1, 0.15) is 23.3 Å². The van der Waals surface area contributed by atoms with Gasteiger partial charge in [0.05, 0.1) is 37.3 Å². The number of nitrogens with zero attached hydrogens (tertiary/aromatic N) is 5. The second-order valence-electron chi connectivity index (χ2n) is 7.88. The van der Waals surface area contributed by atoms with Crippen LogP contribution >= 0.6 is 0 Å². The molecular weight excluding hydrogens is 471 g/mol. The van der Waals surface area contributed by atoms with E-state index >= 15 is 4.39 Å². The lowest BCUT2D eigenvalue weighted by atomic mass is 10.1. The van der Waals surface area contributed by atoms with Gasteiger partial charge in [0.15, 0.2) is 5.78 Å². The number of halogens is 3. The lowest BCUT2D eigenvalue weighted by Gasteiger charge is -2.23. The van der Waals surface area contributed by atoms with Gasteiger partial charge in [-0.2, -0.15) is 0 Å². The maximum absolute atomic E-state index is 15.0. The molecule has 1 atom stereocenters. The molecule has 0 saturated carbocycles. The van der Waals surface area contributed by atoms with Gasteiger partial charge in [0, 0.05) is 31.9 Å². The third kappa shape index (κ3) is 5.67. The largest absolute Gasteiger partial charge is 0.444 e. The van der Waals surface area contributed by atoms with E-state index in [1.165, 1.54) is 35.6 Å². The number of hydroxylamine groups is 2. The third-order valence-electron chi connectivity index (χ3n) is 5.60. The number of anilines is 2. The summed E-state index contributed by atoms with van der Waals surface area (Å²) >= 11 is 0. The number of rotatable bonds is 7. The van der Waals surface area contributed by atoms with E-state index in [0.717, 1.165) is 5.06 Å². The first-order valence-corrected chi connectivity index (χ1v) is 10.9. The van der Waals surface area contributed by atoms with E-state index in [-0.39, 0.29) is 49.7 Å². The minimum atomic E-state index is -3.06. The molecule has 0 radical (unpaired) electrons. The standard InChI is InChI=1S/C22H22F3N5O5/c23-16-11-14(29-13-15(35-22(29)33)2-4-19(31)20(24)25)1-3-18(16)28-7-8-30(34-10-9-28)21(32)17-12-26-5-6-27-17/h1,3,5-6,11-12,15,20H,2,4,7-10,13H2/t15-/m0/s1. The van der Waals surface area contributed by atoms with Gasteiger partial charge >= 0.3 is 6.09 Å². The third-order valence-corrected chi connectivity index (χ3v) is 5.60. The molecule has 3 heterocycles. The van der Waals surface area contributed by atoms with Gasteiger partial charge in [-0.3, -0.25) is 24.3 Å². The van der Waals surface area contributed by atoms with Gasteiger partial charge in [0.2, 0.25) is 0 Å². The van der Waals surface area contributed by atoms with Crippen LogP contribution in [0.4, 0.5) is 29.3 Å². The molecule has 0 spiro atoms. The van der Waals surface area contributed by atoms with Crippen molar-refractivity contribution in [2.75, 3.05) is 42.6 Å². The molecule has 10 nitrogen and oxygen atoms in total. The Balaban J connectivity index is 1.38. The monoisotopic (exact) mass is 493 g/mol. The van der Waals surface area contributed by atoms with Gasteiger partial charge in [-0.1, -0.05) is 0 Å². The van der Waals surface area contributed by atoms with E-state index in [2.05, 4.69) is 9.97 Å². The molecule has 0 bridgehead atoms. The normalized spacial score (nSPS) is 18.6. The highest BCUT2D eigenvalue weighted by Crippen LogP contribution is 2.29. The Morgan fingerprint density at radius 3 is 2.71 bits per heavy atom. The Labute approximate surface area is 198 Å². The van der Waals surface area contributed by atoms with Crippen molar-refractivity contribution in [3.8, 4) is 0 Å². The molecule has 2 aromatic rings. The number of Topliss-reactive ketones (excluding diaryl/α,β-unsaturated/α-hetero) is 1. The number of ether oxygens (including phenoxy) is 1. The van der Waals surface area contributed by atoms with Crippen LogP contribution in [0.25, 0.3) is 0 Å². The van der Waals surface area contributed by atoms with Crippen molar-refractivity contribution in [3.05, 3.63) is 48.3 Å². The van der Waals surface area contributed by atoms with Crippen molar-refractivity contribution in [2.24, 2.45) is 0 Å². The molecule has 0 unspecified atom stereocenters. The minimum Gasteiger partial charge on any atom is -0.444 e. The number of benzene rings is 1. The topological polar surface area (TPSA) is 105 Å². The summed E-state index contributed by atoms with van der Waals surface area (Å²) in [4.78, 5) is 52.1. The van der Waals surface area contributed by atoms with Crippen molar-refractivity contribution >= 4 is 29.2 Å². The summed E-state index contributed by atoms with van der Waals surface area (Å²) in [6.07, 6.45) is -0.821. The number of carbonyl (C=O) groups excluding carboxylic acids is 3. The first-order valence-electron chi connectivity index (χ1n) is 10.9. The maximum atomic E-state index is 15.0. The number of cyclic esters (lactones) is 1. The zero-order valence-electron chi connectivity index (χ0n) is 18.5. The van der Waals surface area contributed by atoms with Crippen LogP contribution in [0.2, 0.25) is 0 Å². The van der Waals surface area contributed by atoms with Crippen molar-refractivity contribution < 1.29 is 37.1 Å². The lowest BCUT2D eigenvalue weighted by molar-refractivity contribution is -0.129. The quantitative estimate of drug-likeness (QED) is 0.579. The number of carbonyl (C=O) groups is 3. The van der Waals surface area contributed by atoms with E-state index in [1.807, 2.05) is 0 Å². The Hall–Kier alpha value is -3.74. The minimum absolute atomic E-state index is 0.0190. The number of hydrogen-bond donors (Lipinski definition) is 0. The lowest BCUT2D eigenvalue weighted by Crippen LogP contribution is -2.35. The van der Waals surface area contributed by atoms with Crippen LogP contribution in [0.5, 0.6) is 0 Å². The average Bonchev–Trinajstić information content (AvgIpc) is 3.06. The zero-order chi connectivity index (χ0) is 24.9. The van der Waals surface area contributed by atoms with E-state index in [9.17, 15) is 23.2 Å². The first-order chi connectivity index (χ1) is 16.8. The van der Waals surface area contributed by atoms with Crippen LogP contribution in [0.3, 0.4) is 0 Å². The summed E-state index contributed by atoms with van der Waals surface area (Å²) in [5, 5.41) is 1.16. The summed E-state index contributed by atoms with van der Waals surface area (Å²) in [6.45, 7) is 0.907. The second kappa shape index (κ2) is 10.7. The Bertz CT molecular complexity index is 1090. The van der Waals surface area contributed by atoms with Crippen LogP contribution in [0, 0.1) is 5.82 Å². The van der Waals surface area contributed by atoms with Crippen LogP contribution in [-0.4, -0.2) is 78.1 Å². The van der Waals surface area contributed by atoms with Gasteiger partial charge in [-0.05, 0) is 24.6 Å². The highest BCUT2D eigenvalue weighted by molar-refractivity contribution is 5.91. The molecule has 186 valence electrons. The van der Waals surface area contributed by atoms with Gasteiger partial charge in [-0.15, -0.1) is 0 Å². The van der Waals surface area contributed by atoms with Crippen molar-refractivity contribution in [1.29, 1.82) is 0 Å². The summed E-state index contributed by atoms with van der Waals surface area (Å²) in [5.41, 5.74) is 0.633. The number of aromatic nitrogens is 2. The number of ketones is 1. The van der Waals surface area contributed by atoms with Gasteiger partial charge < -0.3 is 9.64 Å². The predicted molar refractivity (Wildman–Crippen MR) is 115 cm³/mol. The first kappa shape index (κ1) is 24.4. The van der Waals surface area contributed by atoms with Crippen LogP contribution in [-0.2, 0) is 14.4 Å². The molecule has 4 rings (SSSR count). The Kier molecular flexibility index (Phi) is 7.44. The second-order valence-corrected chi connectivity index (χ2v) is 7.88. The molecule has 0 aliphatic carbocycles. The van der Waals surface area contributed by atoms with Crippen molar-refractivity contribution in [3.63, 3.8) is 0 Å². The average molecular weight is 493 g/mol. The van der Waals surface area contributed by atoms with Crippen molar-refractivity contribution in [1.82, 2.24) is 15.0 Å². The Morgan fingerprint density at radius 2 is 2.00 bits per heavy atom. The number of amides is 2. The van der Waals surface area contributed by atoms with Gasteiger partial charge in [0.25, 0.3) is 12.3 Å². The van der Waals surface area contributed by atoms with Crippen LogP contribution < -0.4 is 9.80 Å². The van der Waals surface area contributed by atoms with Gasteiger partial charge in [-0.25, -0.2) is 28.0 Å². The van der Waals surface area contributed by atoms with Crippen molar-refractivity contribution in [2.45, 2.75) is 25.4 Å². The predicted octanol–water partition coefficient (Wildman–Crippen LogP) is 2.45. The SMILES string of the molecule is O=C(CC[C@H]1CN(c2ccc(N3CCON(C(=O)c4cnccn4)CC3)c(F)c2)C(=O)O1)C(F)F. The summed E-state index contributed by atoms with van der Waals surface area (Å²) in [5.74, 6) is -2.26. The molecule has 2 saturated heterocycles. The summed E-state index contributed by atoms with van der Waals surface area (Å²) in [7, 11) is 0. The number of hydrogen-bond acceptors (Lipinski definition) is 8. The fourth-order valence-corrected chi connectivity index (χ4v) is 3.80. The van der Waals surface area contributed by atoms with E-state index in [4.69, 9.17) is 9.57 Å². The van der Waals surface area contributed by atoms with E-state index in [0.29, 0.717) is 6.54 Å². The zero-order valence-corrected chi connectivity index (χ0v) is 18.5. The fraction of sp³-hybridized carbons (Fsp3) is 0.409. The summed E-state index contributed by atoms with van der Waals surface area (Å²) < 4.78 is 44.9. The molecule has 1 aromatic carbocycles. The molecular formula is C22H22F3N5O5. The van der Waals surface area contributed by atoms with E-state index in [1.54, 1.807) is 11.0 Å². The molecule has 13 heteroatoms. The molecule has 2 amide bonds. The maximum Gasteiger partial charge on any atom is 0.414 e. The number of alkyl halides is 2. The van der Waals surface area contributed by atoms with E-state index < -0.39 is 42.6 Å². The van der Waals surface area contributed by atoms with Crippen LogP contribution in [0.15, 0.2) is 36.8 Å². The van der Waals surface area contributed by atoms with Gasteiger partial charge in [0.1, 0.15) is 17.6 Å². The molecule has 2 fully saturated rings. The smallest absolute Gasteiger partial charge is 0.414 e. The molecule has 0 N–H and O–H groups in total. The molecule has 2 aliphatic rings. The molecule has 35 heavy (non-hydrogen) atoms. The fourth-order valence-electron chi connectivity index (χ4n) is 3.80. The molecule has 1 aromatic heterocycles. The highest BCUT2D eigenvalue weighted by atomic mass is 19.3. The summed E-state index contributed by atoms with van der Waals surface area (Å²) in [6, 6.07) is 4.23. The highest BCUT2D eigenvalue weighted by Gasteiger charge is 2.34.